The number of hydrogen-bond acceptors (Lipinski definition) is 6. The van der Waals surface area contributed by atoms with Crippen LogP contribution in [0.2, 0.25) is 5.02 Å². The van der Waals surface area contributed by atoms with E-state index in [4.69, 9.17) is 21.4 Å². The number of benzene rings is 3. The van der Waals surface area contributed by atoms with Crippen LogP contribution in [0.25, 0.3) is 6.08 Å². The molecule has 0 radical (unpaired) electrons. The SMILES string of the molecule is CCOc1cc(/C=C2\SC(=O)N=C2N2N=C(c3ccccc3)CC2c2ccc(Cl)cc2)ccc1O. The van der Waals surface area contributed by atoms with Gasteiger partial charge in [-0.2, -0.15) is 10.1 Å². The van der Waals surface area contributed by atoms with Crippen molar-refractivity contribution in [2.75, 3.05) is 6.61 Å². The molecule has 1 unspecified atom stereocenters. The number of carbonyl (C=O) groups is 1. The van der Waals surface area contributed by atoms with E-state index < -0.39 is 0 Å². The third-order valence-corrected chi connectivity index (χ3v) is 6.72. The van der Waals surface area contributed by atoms with E-state index in [0.717, 1.165) is 34.2 Å². The number of hydrogen-bond donors (Lipinski definition) is 1. The highest BCUT2D eigenvalue weighted by atomic mass is 35.5. The molecule has 35 heavy (non-hydrogen) atoms. The molecular weight excluding hydrogens is 482 g/mol. The van der Waals surface area contributed by atoms with Crippen molar-refractivity contribution in [2.24, 2.45) is 10.1 Å². The van der Waals surface area contributed by atoms with E-state index in [-0.39, 0.29) is 17.0 Å². The summed E-state index contributed by atoms with van der Waals surface area (Å²) in [6, 6.07) is 22.6. The van der Waals surface area contributed by atoms with Gasteiger partial charge in [0.1, 0.15) is 0 Å². The first kappa shape index (κ1) is 23.2. The number of rotatable bonds is 5. The Balaban J connectivity index is 1.55. The Morgan fingerprint density at radius 3 is 2.66 bits per heavy atom. The van der Waals surface area contributed by atoms with Crippen LogP contribution in [-0.2, 0) is 0 Å². The van der Waals surface area contributed by atoms with Crippen LogP contribution >= 0.6 is 23.4 Å². The summed E-state index contributed by atoms with van der Waals surface area (Å²) in [5.74, 6) is 0.952. The number of amidine groups is 1. The number of ether oxygens (including phenoxy) is 1. The minimum absolute atomic E-state index is 0.0671. The number of carbonyl (C=O) groups excluding carboxylic acids is 1. The monoisotopic (exact) mass is 503 g/mol. The molecule has 1 atom stereocenters. The maximum atomic E-state index is 12.5. The van der Waals surface area contributed by atoms with Crippen LogP contribution in [-0.4, -0.2) is 33.5 Å². The maximum absolute atomic E-state index is 12.5. The second-order valence-electron chi connectivity index (χ2n) is 8.00. The molecule has 3 aromatic rings. The summed E-state index contributed by atoms with van der Waals surface area (Å²) >= 11 is 7.19. The fourth-order valence-corrected chi connectivity index (χ4v) is 4.93. The second-order valence-corrected chi connectivity index (χ2v) is 9.43. The zero-order valence-electron chi connectivity index (χ0n) is 18.9. The largest absolute Gasteiger partial charge is 0.504 e. The number of aromatic hydroxyl groups is 1. The highest BCUT2D eigenvalue weighted by Crippen LogP contribution is 2.40. The first-order valence-corrected chi connectivity index (χ1v) is 12.4. The molecule has 5 rings (SSSR count). The van der Waals surface area contributed by atoms with Crippen molar-refractivity contribution >= 4 is 46.2 Å². The number of halogens is 1. The summed E-state index contributed by atoms with van der Waals surface area (Å²) in [6.45, 7) is 2.29. The molecule has 176 valence electrons. The van der Waals surface area contributed by atoms with Crippen LogP contribution in [0.1, 0.15) is 36.1 Å². The number of hydrazone groups is 1. The normalized spacial score (nSPS) is 18.7. The van der Waals surface area contributed by atoms with E-state index in [9.17, 15) is 9.90 Å². The van der Waals surface area contributed by atoms with E-state index in [0.29, 0.717) is 34.5 Å². The van der Waals surface area contributed by atoms with Crippen LogP contribution in [0.4, 0.5) is 4.79 Å². The van der Waals surface area contributed by atoms with Crippen molar-refractivity contribution < 1.29 is 14.6 Å². The fourth-order valence-electron chi connectivity index (χ4n) is 4.06. The predicted octanol–water partition coefficient (Wildman–Crippen LogP) is 6.90. The Morgan fingerprint density at radius 2 is 1.91 bits per heavy atom. The van der Waals surface area contributed by atoms with Crippen molar-refractivity contribution in [3.63, 3.8) is 0 Å². The van der Waals surface area contributed by atoms with Crippen molar-refractivity contribution in [1.29, 1.82) is 0 Å². The van der Waals surface area contributed by atoms with Gasteiger partial charge in [-0.3, -0.25) is 4.79 Å². The van der Waals surface area contributed by atoms with Gasteiger partial charge < -0.3 is 9.84 Å². The first-order chi connectivity index (χ1) is 17.0. The molecule has 1 N–H and O–H groups in total. The van der Waals surface area contributed by atoms with Gasteiger partial charge in [0.15, 0.2) is 17.3 Å². The van der Waals surface area contributed by atoms with E-state index in [1.165, 1.54) is 0 Å². The second kappa shape index (κ2) is 9.98. The average molecular weight is 504 g/mol. The summed E-state index contributed by atoms with van der Waals surface area (Å²) in [7, 11) is 0. The Hall–Kier alpha value is -3.55. The number of thioether (sulfide) groups is 1. The van der Waals surface area contributed by atoms with Gasteiger partial charge in [-0.15, -0.1) is 0 Å². The summed E-state index contributed by atoms with van der Waals surface area (Å²) in [4.78, 5) is 17.5. The summed E-state index contributed by atoms with van der Waals surface area (Å²) < 4.78 is 5.51. The van der Waals surface area contributed by atoms with Crippen molar-refractivity contribution in [1.82, 2.24) is 5.01 Å². The first-order valence-electron chi connectivity index (χ1n) is 11.2. The Bertz CT molecular complexity index is 1350. The van der Waals surface area contributed by atoms with E-state index >= 15 is 0 Å². The Kier molecular flexibility index (Phi) is 6.61. The average Bonchev–Trinajstić information content (AvgIpc) is 3.46. The molecule has 0 saturated carbocycles. The minimum atomic E-state index is -0.298. The molecule has 0 saturated heterocycles. The van der Waals surface area contributed by atoms with Gasteiger partial charge >= 0.3 is 5.24 Å². The van der Waals surface area contributed by atoms with Gasteiger partial charge in [-0.05, 0) is 65.7 Å². The lowest BCUT2D eigenvalue weighted by Gasteiger charge is -2.24. The Morgan fingerprint density at radius 1 is 1.14 bits per heavy atom. The summed E-state index contributed by atoms with van der Waals surface area (Å²) in [5, 5.41) is 17.2. The zero-order chi connectivity index (χ0) is 24.4. The molecule has 0 aliphatic carbocycles. The van der Waals surface area contributed by atoms with Gasteiger partial charge in [-0.1, -0.05) is 60.1 Å². The van der Waals surface area contributed by atoms with Crippen LogP contribution in [0.5, 0.6) is 11.5 Å². The highest BCUT2D eigenvalue weighted by Gasteiger charge is 2.36. The predicted molar refractivity (Wildman–Crippen MR) is 141 cm³/mol. The van der Waals surface area contributed by atoms with Gasteiger partial charge in [0, 0.05) is 11.4 Å². The van der Waals surface area contributed by atoms with Crippen LogP contribution in [0.3, 0.4) is 0 Å². The lowest BCUT2D eigenvalue weighted by atomic mass is 9.98. The van der Waals surface area contributed by atoms with Gasteiger partial charge in [-0.25, -0.2) is 5.01 Å². The maximum Gasteiger partial charge on any atom is 0.311 e. The van der Waals surface area contributed by atoms with Crippen LogP contribution in [0, 0.1) is 0 Å². The van der Waals surface area contributed by atoms with Crippen molar-refractivity contribution in [2.45, 2.75) is 19.4 Å². The number of nitrogens with zero attached hydrogens (tertiary/aromatic N) is 3. The topological polar surface area (TPSA) is 74.5 Å². The standard InChI is InChI=1S/C27H22ClN3O3S/c1-2-34-24-14-17(8-13-23(24)32)15-25-26(29-27(33)35-25)31-22(19-9-11-20(28)12-10-19)16-21(30-31)18-6-4-3-5-7-18/h3-15,22,32H,2,16H2,1H3/b25-15-. The summed E-state index contributed by atoms with van der Waals surface area (Å²) in [6.07, 6.45) is 2.52. The smallest absolute Gasteiger partial charge is 0.311 e. The highest BCUT2D eigenvalue weighted by molar-refractivity contribution is 8.18. The van der Waals surface area contributed by atoms with Gasteiger partial charge in [0.25, 0.3) is 0 Å². The fraction of sp³-hybridized carbons (Fsp3) is 0.148. The molecule has 0 bridgehead atoms. The summed E-state index contributed by atoms with van der Waals surface area (Å²) in [5.41, 5.74) is 3.75. The minimum Gasteiger partial charge on any atom is -0.504 e. The molecule has 2 aliphatic rings. The lowest BCUT2D eigenvalue weighted by molar-refractivity contribution is 0.267. The molecule has 2 heterocycles. The number of phenols is 1. The van der Waals surface area contributed by atoms with E-state index in [2.05, 4.69) is 4.99 Å². The van der Waals surface area contributed by atoms with Crippen molar-refractivity contribution in [3.05, 3.63) is 99.4 Å². The zero-order valence-corrected chi connectivity index (χ0v) is 20.5. The third kappa shape index (κ3) is 4.97. The number of amides is 1. The van der Waals surface area contributed by atoms with E-state index in [1.54, 1.807) is 18.2 Å². The van der Waals surface area contributed by atoms with Crippen LogP contribution in [0.15, 0.2) is 87.8 Å². The quantitative estimate of drug-likeness (QED) is 0.410. The molecule has 6 nitrogen and oxygen atoms in total. The van der Waals surface area contributed by atoms with Crippen molar-refractivity contribution in [3.8, 4) is 11.5 Å². The number of aliphatic imine (C=N–C) groups is 1. The lowest BCUT2D eigenvalue weighted by Crippen LogP contribution is -2.26. The molecule has 2 aliphatic heterocycles. The molecule has 8 heteroatoms. The van der Waals surface area contributed by atoms with E-state index in [1.807, 2.05) is 72.6 Å². The molecule has 3 aromatic carbocycles. The van der Waals surface area contributed by atoms with Crippen LogP contribution < -0.4 is 4.74 Å². The third-order valence-electron chi connectivity index (χ3n) is 5.69. The molecule has 0 aromatic heterocycles. The molecule has 1 amide bonds. The Labute approximate surface area is 212 Å². The number of phenolic OH excluding ortho intramolecular Hbond substituents is 1. The molecule has 0 fully saturated rings. The molecule has 0 spiro atoms. The molecular formula is C27H22ClN3O3S. The van der Waals surface area contributed by atoms with Gasteiger partial charge in [0.2, 0.25) is 0 Å². The van der Waals surface area contributed by atoms with Gasteiger partial charge in [0.05, 0.1) is 23.3 Å².